The highest BCUT2D eigenvalue weighted by molar-refractivity contribution is 14.0. The Morgan fingerprint density at radius 1 is 1.17 bits per heavy atom. The maximum atomic E-state index is 5.47. The first-order chi connectivity index (χ1) is 13.6. The van der Waals surface area contributed by atoms with Crippen molar-refractivity contribution in [3.63, 3.8) is 0 Å². The molecule has 1 saturated carbocycles. The average Bonchev–Trinajstić information content (AvgIpc) is 3.35. The number of halogens is 1. The minimum atomic E-state index is 0. The summed E-state index contributed by atoms with van der Waals surface area (Å²) >= 11 is 0. The van der Waals surface area contributed by atoms with E-state index >= 15 is 0 Å². The summed E-state index contributed by atoms with van der Waals surface area (Å²) < 4.78 is 5.47. The van der Waals surface area contributed by atoms with Crippen LogP contribution in [-0.4, -0.2) is 74.8 Å². The summed E-state index contributed by atoms with van der Waals surface area (Å²) in [5.41, 5.74) is 2.89. The van der Waals surface area contributed by atoms with Gasteiger partial charge in [0.15, 0.2) is 5.96 Å². The van der Waals surface area contributed by atoms with Crippen LogP contribution in [0.25, 0.3) is 0 Å². The zero-order valence-corrected chi connectivity index (χ0v) is 20.5. The van der Waals surface area contributed by atoms with Crippen molar-refractivity contribution in [1.82, 2.24) is 15.1 Å². The fourth-order valence-corrected chi connectivity index (χ4v) is 4.64. The van der Waals surface area contributed by atoms with Crippen molar-refractivity contribution < 1.29 is 4.74 Å². The van der Waals surface area contributed by atoms with Gasteiger partial charge in [-0.15, -0.1) is 24.0 Å². The first-order valence-corrected chi connectivity index (χ1v) is 11.0. The lowest BCUT2D eigenvalue weighted by atomic mass is 10.0. The molecule has 2 heterocycles. The molecule has 5 nitrogen and oxygen atoms in total. The highest BCUT2D eigenvalue weighted by Crippen LogP contribution is 2.41. The molecule has 2 aliphatic heterocycles. The summed E-state index contributed by atoms with van der Waals surface area (Å²) in [5.74, 6) is 3.07. The molecule has 3 aliphatic rings. The minimum Gasteiger partial charge on any atom is -0.379 e. The normalized spacial score (nSPS) is 27.8. The van der Waals surface area contributed by atoms with E-state index in [0.29, 0.717) is 17.9 Å². The van der Waals surface area contributed by atoms with E-state index < -0.39 is 0 Å². The number of nitrogens with zero attached hydrogens (tertiary/aromatic N) is 3. The van der Waals surface area contributed by atoms with Gasteiger partial charge in [-0.3, -0.25) is 9.89 Å². The molecule has 29 heavy (non-hydrogen) atoms. The molecule has 1 aliphatic carbocycles. The highest BCUT2D eigenvalue weighted by Gasteiger charge is 2.40. The molecule has 1 N–H and O–H groups in total. The fourth-order valence-electron chi connectivity index (χ4n) is 4.64. The number of morpholine rings is 1. The molecule has 4 rings (SSSR count). The molecule has 0 bridgehead atoms. The Hall–Kier alpha value is -0.860. The van der Waals surface area contributed by atoms with E-state index in [1.807, 2.05) is 7.05 Å². The van der Waals surface area contributed by atoms with E-state index in [1.165, 1.54) is 30.5 Å². The summed E-state index contributed by atoms with van der Waals surface area (Å²) in [5, 5.41) is 3.74. The molecule has 2 saturated heterocycles. The Bertz CT molecular complexity index is 672. The van der Waals surface area contributed by atoms with Crippen molar-refractivity contribution in [3.05, 3.63) is 35.4 Å². The Balaban J connectivity index is 0.00000240. The summed E-state index contributed by atoms with van der Waals surface area (Å²) in [4.78, 5) is 9.62. The van der Waals surface area contributed by atoms with Crippen LogP contribution in [0.1, 0.15) is 49.7 Å². The highest BCUT2D eigenvalue weighted by atomic mass is 127. The van der Waals surface area contributed by atoms with Crippen LogP contribution in [0.4, 0.5) is 0 Å². The quantitative estimate of drug-likeness (QED) is 0.373. The third-order valence-electron chi connectivity index (χ3n) is 6.55. The maximum absolute atomic E-state index is 5.47. The van der Waals surface area contributed by atoms with E-state index in [1.54, 1.807) is 0 Å². The molecule has 162 valence electrons. The number of hydrogen-bond acceptors (Lipinski definition) is 3. The first kappa shape index (κ1) is 22.8. The number of aliphatic imine (C=N–C) groups is 1. The number of rotatable bonds is 5. The average molecular weight is 512 g/mol. The summed E-state index contributed by atoms with van der Waals surface area (Å²) in [6, 6.07) is 9.75. The van der Waals surface area contributed by atoms with Gasteiger partial charge < -0.3 is 15.0 Å². The molecule has 0 amide bonds. The van der Waals surface area contributed by atoms with Gasteiger partial charge in [0.1, 0.15) is 0 Å². The molecular formula is C23H37IN4O. The van der Waals surface area contributed by atoms with Crippen LogP contribution in [0.3, 0.4) is 0 Å². The second-order valence-corrected chi connectivity index (χ2v) is 8.98. The number of hydrogen-bond donors (Lipinski definition) is 1. The van der Waals surface area contributed by atoms with Gasteiger partial charge in [0.25, 0.3) is 0 Å². The summed E-state index contributed by atoms with van der Waals surface area (Å²) in [6.07, 6.45) is 2.48. The zero-order valence-electron chi connectivity index (χ0n) is 18.1. The minimum absolute atomic E-state index is 0. The summed E-state index contributed by atoms with van der Waals surface area (Å²) in [7, 11) is 1.92. The predicted molar refractivity (Wildman–Crippen MR) is 131 cm³/mol. The van der Waals surface area contributed by atoms with Crippen LogP contribution in [0.2, 0.25) is 0 Å². The molecular weight excluding hydrogens is 475 g/mol. The van der Waals surface area contributed by atoms with Crippen LogP contribution in [0.5, 0.6) is 0 Å². The molecule has 6 heteroatoms. The van der Waals surface area contributed by atoms with Gasteiger partial charge in [0.2, 0.25) is 0 Å². The number of guanidine groups is 1. The van der Waals surface area contributed by atoms with E-state index in [9.17, 15) is 0 Å². The van der Waals surface area contributed by atoms with E-state index in [0.717, 1.165) is 51.3 Å². The van der Waals surface area contributed by atoms with Gasteiger partial charge in [-0.1, -0.05) is 38.1 Å². The molecule has 3 unspecified atom stereocenters. The largest absolute Gasteiger partial charge is 0.379 e. The SMILES string of the molecule is CN=C(NC1CC1c1ccc(C(C)C)cc1)N1CCC(CN2CCOCC2)C1.I. The monoisotopic (exact) mass is 512 g/mol. The Morgan fingerprint density at radius 3 is 2.55 bits per heavy atom. The smallest absolute Gasteiger partial charge is 0.193 e. The lowest BCUT2D eigenvalue weighted by molar-refractivity contribution is 0.0315. The van der Waals surface area contributed by atoms with Gasteiger partial charge in [-0.2, -0.15) is 0 Å². The van der Waals surface area contributed by atoms with Gasteiger partial charge in [0.05, 0.1) is 13.2 Å². The van der Waals surface area contributed by atoms with Crippen LogP contribution in [-0.2, 0) is 4.74 Å². The lowest BCUT2D eigenvalue weighted by Gasteiger charge is -2.29. The van der Waals surface area contributed by atoms with Crippen molar-refractivity contribution in [2.45, 2.75) is 44.6 Å². The van der Waals surface area contributed by atoms with Crippen LogP contribution in [0, 0.1) is 5.92 Å². The van der Waals surface area contributed by atoms with Gasteiger partial charge in [-0.05, 0) is 35.8 Å². The fraction of sp³-hybridized carbons (Fsp3) is 0.696. The summed E-state index contributed by atoms with van der Waals surface area (Å²) in [6.45, 7) is 11.9. The Kier molecular flexibility index (Phi) is 8.22. The number of benzene rings is 1. The molecule has 0 radical (unpaired) electrons. The topological polar surface area (TPSA) is 40.1 Å². The molecule has 3 fully saturated rings. The second kappa shape index (κ2) is 10.4. The van der Waals surface area contributed by atoms with E-state index in [4.69, 9.17) is 4.74 Å². The molecule has 1 aromatic carbocycles. The number of nitrogens with one attached hydrogen (secondary N) is 1. The van der Waals surface area contributed by atoms with Crippen molar-refractivity contribution in [2.24, 2.45) is 10.9 Å². The van der Waals surface area contributed by atoms with Crippen molar-refractivity contribution in [1.29, 1.82) is 0 Å². The van der Waals surface area contributed by atoms with Gasteiger partial charge >= 0.3 is 0 Å². The third kappa shape index (κ3) is 5.85. The Labute approximate surface area is 193 Å². The van der Waals surface area contributed by atoms with E-state index in [-0.39, 0.29) is 24.0 Å². The van der Waals surface area contributed by atoms with Crippen molar-refractivity contribution in [2.75, 3.05) is 53.0 Å². The van der Waals surface area contributed by atoms with Gasteiger partial charge in [0, 0.05) is 51.7 Å². The van der Waals surface area contributed by atoms with Crippen molar-refractivity contribution in [3.8, 4) is 0 Å². The van der Waals surface area contributed by atoms with Crippen molar-refractivity contribution >= 4 is 29.9 Å². The standard InChI is InChI=1S/C23H36N4O.HI/c1-17(2)19-4-6-20(7-5-19)21-14-22(21)25-23(24-3)27-9-8-18(16-27)15-26-10-12-28-13-11-26;/h4-7,17-18,21-22H,8-16H2,1-3H3,(H,24,25);1H. The van der Waals surface area contributed by atoms with Crippen LogP contribution >= 0.6 is 24.0 Å². The molecule has 0 aromatic heterocycles. The molecule has 1 aromatic rings. The number of likely N-dealkylation sites (tertiary alicyclic amines) is 1. The number of ether oxygens (including phenoxy) is 1. The predicted octanol–water partition coefficient (Wildman–Crippen LogP) is 3.51. The first-order valence-electron chi connectivity index (χ1n) is 11.0. The van der Waals surface area contributed by atoms with Crippen LogP contribution < -0.4 is 5.32 Å². The maximum Gasteiger partial charge on any atom is 0.193 e. The lowest BCUT2D eigenvalue weighted by Crippen LogP contribution is -2.43. The Morgan fingerprint density at radius 2 is 1.90 bits per heavy atom. The zero-order chi connectivity index (χ0) is 19.5. The van der Waals surface area contributed by atoms with Gasteiger partial charge in [-0.25, -0.2) is 0 Å². The van der Waals surface area contributed by atoms with E-state index in [2.05, 4.69) is 58.2 Å². The molecule has 3 atom stereocenters. The molecule has 0 spiro atoms. The third-order valence-corrected chi connectivity index (χ3v) is 6.55. The van der Waals surface area contributed by atoms with Crippen LogP contribution in [0.15, 0.2) is 29.3 Å². The second-order valence-electron chi connectivity index (χ2n) is 8.98.